The Morgan fingerprint density at radius 1 is 1.20 bits per heavy atom. The van der Waals surface area contributed by atoms with Crippen LogP contribution in [0.3, 0.4) is 0 Å². The van der Waals surface area contributed by atoms with Crippen LogP contribution in [0.1, 0.15) is 19.4 Å². The molecule has 0 saturated carbocycles. The van der Waals surface area contributed by atoms with Gasteiger partial charge in [-0.15, -0.1) is 0 Å². The summed E-state index contributed by atoms with van der Waals surface area (Å²) in [5.41, 5.74) is 0.470. The lowest BCUT2D eigenvalue weighted by Crippen LogP contribution is -2.26. The predicted molar refractivity (Wildman–Crippen MR) is 152 cm³/mol. The first-order valence-electron chi connectivity index (χ1n) is 12.1. The van der Waals surface area contributed by atoms with Crippen LogP contribution in [0.2, 0.25) is 0 Å². The molecule has 0 saturated heterocycles. The fraction of sp³-hybridized carbons (Fsp3) is 0.143. The first kappa shape index (κ1) is 26.8. The number of ether oxygens (including phenoxy) is 2. The van der Waals surface area contributed by atoms with Crippen LogP contribution in [0, 0.1) is 10.1 Å². The van der Waals surface area contributed by atoms with Crippen molar-refractivity contribution in [2.45, 2.75) is 20.0 Å². The number of halogens is 1. The number of hydrogen-bond acceptors (Lipinski definition) is 9. The number of carbonyl (C=O) groups is 1. The van der Waals surface area contributed by atoms with Crippen LogP contribution < -0.4 is 10.3 Å². The molecule has 0 aliphatic rings. The maximum absolute atomic E-state index is 13.6. The molecule has 0 radical (unpaired) electrons. The lowest BCUT2D eigenvalue weighted by Gasteiger charge is -2.15. The molecule has 0 aliphatic heterocycles. The number of nitrogens with zero attached hydrogens (tertiary/aromatic N) is 4. The van der Waals surface area contributed by atoms with Crippen molar-refractivity contribution in [3.63, 3.8) is 0 Å². The van der Waals surface area contributed by atoms with Crippen molar-refractivity contribution in [1.29, 1.82) is 0 Å². The van der Waals surface area contributed by atoms with Crippen molar-refractivity contribution in [1.82, 2.24) is 9.66 Å². The minimum Gasteiger partial charge on any atom is -0.478 e. The highest BCUT2D eigenvalue weighted by atomic mass is 79.9. The molecule has 0 N–H and O–H groups in total. The van der Waals surface area contributed by atoms with Gasteiger partial charge in [0.2, 0.25) is 5.82 Å². The number of hydrogen-bond donors (Lipinski definition) is 0. The average Bonchev–Trinajstić information content (AvgIpc) is 3.36. The molecule has 2 aromatic heterocycles. The minimum absolute atomic E-state index is 0.125. The van der Waals surface area contributed by atoms with E-state index in [0.717, 1.165) is 14.5 Å². The summed E-state index contributed by atoms with van der Waals surface area (Å²) in [6.45, 7) is 3.33. The number of aromatic nitrogens is 2. The van der Waals surface area contributed by atoms with E-state index >= 15 is 0 Å². The van der Waals surface area contributed by atoms with E-state index in [1.807, 2.05) is 12.1 Å². The Hall–Kier alpha value is -4.84. The largest absolute Gasteiger partial charge is 0.478 e. The molecular weight excluding hydrogens is 584 g/mol. The quantitative estimate of drug-likeness (QED) is 0.0951. The Bertz CT molecular complexity index is 1860. The van der Waals surface area contributed by atoms with Gasteiger partial charge in [0.15, 0.2) is 11.9 Å². The molecule has 0 fully saturated rings. The van der Waals surface area contributed by atoms with Crippen LogP contribution in [-0.2, 0) is 9.53 Å². The molecule has 0 spiro atoms. The van der Waals surface area contributed by atoms with E-state index in [-0.39, 0.29) is 29.4 Å². The second-order valence-corrected chi connectivity index (χ2v) is 9.51. The molecule has 12 heteroatoms. The number of nitro benzene ring substituents is 1. The number of carbonyl (C=O) groups excluding carboxylic acids is 1. The lowest BCUT2D eigenvalue weighted by atomic mass is 10.2. The number of nitro groups is 1. The van der Waals surface area contributed by atoms with Gasteiger partial charge >= 0.3 is 5.97 Å². The van der Waals surface area contributed by atoms with Gasteiger partial charge in [-0.1, -0.05) is 28.1 Å². The standard InChI is InChI=1S/C28H21BrN4O7/c1-3-38-28(35)16(2)39-24-11-9-20(33(36)37)13-18(24)15-30-32-26(31-22-7-5-4-6-21(22)27(32)34)25-14-17-12-19(29)8-10-23(17)40-25/h4-16H,3H2,1-2H3/t16-/m0/s1. The number of esters is 1. The average molecular weight is 605 g/mol. The summed E-state index contributed by atoms with van der Waals surface area (Å²) in [7, 11) is 0. The van der Waals surface area contributed by atoms with Gasteiger partial charge in [0, 0.05) is 27.6 Å². The monoisotopic (exact) mass is 604 g/mol. The number of rotatable bonds is 8. The Morgan fingerprint density at radius 2 is 2.00 bits per heavy atom. The predicted octanol–water partition coefficient (Wildman–Crippen LogP) is 5.69. The number of benzene rings is 3. The van der Waals surface area contributed by atoms with Crippen molar-refractivity contribution in [2.24, 2.45) is 5.10 Å². The van der Waals surface area contributed by atoms with Crippen molar-refractivity contribution >= 4 is 55.7 Å². The summed E-state index contributed by atoms with van der Waals surface area (Å²) in [5, 5.41) is 16.9. The Kier molecular flexibility index (Phi) is 7.43. The second-order valence-electron chi connectivity index (χ2n) is 8.60. The van der Waals surface area contributed by atoms with E-state index in [9.17, 15) is 19.7 Å². The molecule has 11 nitrogen and oxygen atoms in total. The van der Waals surface area contributed by atoms with Crippen LogP contribution >= 0.6 is 15.9 Å². The minimum atomic E-state index is -0.996. The van der Waals surface area contributed by atoms with E-state index in [4.69, 9.17) is 13.9 Å². The molecule has 0 amide bonds. The molecule has 5 rings (SSSR count). The highest BCUT2D eigenvalue weighted by Gasteiger charge is 2.20. The van der Waals surface area contributed by atoms with Crippen LogP contribution in [-0.4, -0.2) is 39.5 Å². The fourth-order valence-electron chi connectivity index (χ4n) is 3.99. The zero-order valence-electron chi connectivity index (χ0n) is 21.2. The molecule has 202 valence electrons. The van der Waals surface area contributed by atoms with E-state index in [1.165, 1.54) is 31.3 Å². The fourth-order valence-corrected chi connectivity index (χ4v) is 4.37. The van der Waals surface area contributed by atoms with Crippen molar-refractivity contribution < 1.29 is 23.6 Å². The van der Waals surface area contributed by atoms with E-state index in [0.29, 0.717) is 22.2 Å². The molecule has 2 heterocycles. The molecule has 0 unspecified atom stereocenters. The summed E-state index contributed by atoms with van der Waals surface area (Å²) in [6.07, 6.45) is 0.241. The summed E-state index contributed by atoms with van der Waals surface area (Å²) >= 11 is 3.44. The third-order valence-electron chi connectivity index (χ3n) is 5.89. The van der Waals surface area contributed by atoms with Crippen LogP contribution in [0.5, 0.6) is 5.75 Å². The highest BCUT2D eigenvalue weighted by molar-refractivity contribution is 9.10. The van der Waals surface area contributed by atoms with Gasteiger partial charge in [-0.25, -0.2) is 9.78 Å². The second kappa shape index (κ2) is 11.1. The van der Waals surface area contributed by atoms with Crippen molar-refractivity contribution in [2.75, 3.05) is 6.61 Å². The van der Waals surface area contributed by atoms with E-state index < -0.39 is 22.6 Å². The first-order chi connectivity index (χ1) is 19.2. The maximum Gasteiger partial charge on any atom is 0.347 e. The summed E-state index contributed by atoms with van der Waals surface area (Å²) in [4.78, 5) is 41.2. The van der Waals surface area contributed by atoms with E-state index in [1.54, 1.807) is 43.3 Å². The number of para-hydroxylation sites is 1. The third-order valence-corrected chi connectivity index (χ3v) is 6.38. The zero-order valence-corrected chi connectivity index (χ0v) is 22.8. The Labute approximate surface area is 234 Å². The topological polar surface area (TPSA) is 139 Å². The van der Waals surface area contributed by atoms with Crippen molar-refractivity contribution in [3.05, 3.63) is 97.2 Å². The molecule has 1 atom stereocenters. The van der Waals surface area contributed by atoms with E-state index in [2.05, 4.69) is 26.0 Å². The van der Waals surface area contributed by atoms with Crippen molar-refractivity contribution in [3.8, 4) is 17.3 Å². The van der Waals surface area contributed by atoms with Crippen LogP contribution in [0.25, 0.3) is 33.5 Å². The van der Waals surface area contributed by atoms with Gasteiger partial charge in [0.05, 0.1) is 28.6 Å². The summed E-state index contributed by atoms with van der Waals surface area (Å²) in [6, 6.07) is 17.9. The molecule has 0 bridgehead atoms. The Morgan fingerprint density at radius 3 is 2.77 bits per heavy atom. The SMILES string of the molecule is CCOC(=O)[C@H](C)Oc1ccc([N+](=O)[O-])cc1C=Nn1c(-c2cc3cc(Br)ccc3o2)nc2ccccc2c1=O. The molecular formula is C28H21BrN4O7. The number of fused-ring (bicyclic) bond motifs is 2. The molecule has 40 heavy (non-hydrogen) atoms. The molecule has 5 aromatic rings. The van der Waals surface area contributed by atoms with Gasteiger partial charge in [-0.3, -0.25) is 14.9 Å². The first-order valence-corrected chi connectivity index (χ1v) is 12.9. The van der Waals surface area contributed by atoms with Gasteiger partial charge in [0.25, 0.3) is 11.2 Å². The summed E-state index contributed by atoms with van der Waals surface area (Å²) < 4.78 is 18.6. The summed E-state index contributed by atoms with van der Waals surface area (Å²) in [5.74, 6) is -0.0519. The van der Waals surface area contributed by atoms with Gasteiger partial charge < -0.3 is 13.9 Å². The maximum atomic E-state index is 13.6. The lowest BCUT2D eigenvalue weighted by molar-refractivity contribution is -0.384. The van der Waals surface area contributed by atoms with Gasteiger partial charge in [0.1, 0.15) is 11.3 Å². The number of non-ortho nitro benzene ring substituents is 1. The van der Waals surface area contributed by atoms with Gasteiger partial charge in [-0.05, 0) is 56.3 Å². The third kappa shape index (κ3) is 5.34. The van der Waals surface area contributed by atoms with Gasteiger partial charge in [-0.2, -0.15) is 9.78 Å². The Balaban J connectivity index is 1.65. The normalized spacial score (nSPS) is 12.2. The number of furan rings is 1. The highest BCUT2D eigenvalue weighted by Crippen LogP contribution is 2.30. The smallest absolute Gasteiger partial charge is 0.347 e. The molecule has 3 aromatic carbocycles. The molecule has 0 aliphatic carbocycles. The van der Waals surface area contributed by atoms with Crippen LogP contribution in [0.15, 0.2) is 85.5 Å². The van der Waals surface area contributed by atoms with Crippen LogP contribution in [0.4, 0.5) is 5.69 Å². The zero-order chi connectivity index (χ0) is 28.4.